The minimum atomic E-state index is -0.434. The van der Waals surface area contributed by atoms with E-state index in [1.54, 1.807) is 17.0 Å². The third kappa shape index (κ3) is 4.05. The van der Waals surface area contributed by atoms with Crippen LogP contribution in [0.25, 0.3) is 27.6 Å². The van der Waals surface area contributed by atoms with Crippen LogP contribution in [0.2, 0.25) is 0 Å². The highest BCUT2D eigenvalue weighted by Crippen LogP contribution is 2.29. The molecule has 0 fully saturated rings. The molecule has 0 radical (unpaired) electrons. The first-order chi connectivity index (χ1) is 16.3. The van der Waals surface area contributed by atoms with E-state index in [0.717, 1.165) is 37.8 Å². The zero-order valence-electron chi connectivity index (χ0n) is 18.9. The lowest BCUT2D eigenvalue weighted by Gasteiger charge is -2.10. The second-order valence-electron chi connectivity index (χ2n) is 8.36. The lowest BCUT2D eigenvalue weighted by atomic mass is 10.0. The Morgan fingerprint density at radius 1 is 1.06 bits per heavy atom. The number of rotatable bonds is 5. The van der Waals surface area contributed by atoms with Gasteiger partial charge in [-0.2, -0.15) is 5.10 Å². The molecule has 2 aromatic carbocycles. The molecule has 0 bridgehead atoms. The normalized spacial score (nSPS) is 11.4. The van der Waals surface area contributed by atoms with Gasteiger partial charge < -0.3 is 14.2 Å². The molecule has 172 valence electrons. The van der Waals surface area contributed by atoms with Gasteiger partial charge in [-0.1, -0.05) is 15.9 Å². The van der Waals surface area contributed by atoms with Crippen LogP contribution in [-0.4, -0.2) is 15.7 Å². The Kier molecular flexibility index (Phi) is 5.61. The number of carbonyl (C=O) groups is 1. The molecule has 0 spiro atoms. The Bertz CT molecular complexity index is 1610. The van der Waals surface area contributed by atoms with Gasteiger partial charge in [0.1, 0.15) is 17.0 Å². The summed E-state index contributed by atoms with van der Waals surface area (Å²) in [6.45, 7) is 5.73. The van der Waals surface area contributed by atoms with E-state index in [4.69, 9.17) is 8.83 Å². The maximum absolute atomic E-state index is 12.8. The van der Waals surface area contributed by atoms with Gasteiger partial charge in [0.15, 0.2) is 0 Å². The first-order valence-corrected chi connectivity index (χ1v) is 11.7. The van der Waals surface area contributed by atoms with Crippen LogP contribution in [0.5, 0.6) is 0 Å². The fraction of sp³-hybridized carbons (Fsp3) is 0.192. The number of nitrogens with zero attached hydrogens (tertiary/aromatic N) is 2. The van der Waals surface area contributed by atoms with Gasteiger partial charge in [-0.05, 0) is 68.7 Å². The Morgan fingerprint density at radius 3 is 2.59 bits per heavy atom. The number of halogens is 1. The maximum Gasteiger partial charge on any atom is 0.339 e. The molecule has 0 unspecified atom stereocenters. The van der Waals surface area contributed by atoms with Gasteiger partial charge in [0.25, 0.3) is 0 Å². The Labute approximate surface area is 203 Å². The lowest BCUT2D eigenvalue weighted by Crippen LogP contribution is -2.18. The summed E-state index contributed by atoms with van der Waals surface area (Å²) in [5.74, 6) is 0.364. The van der Waals surface area contributed by atoms with Crippen molar-refractivity contribution < 1.29 is 13.6 Å². The monoisotopic (exact) mass is 519 g/mol. The molecule has 0 aliphatic heterocycles. The fourth-order valence-electron chi connectivity index (χ4n) is 4.14. The number of aryl methyl sites for hydroxylation is 3. The van der Waals surface area contributed by atoms with Crippen LogP contribution >= 0.6 is 15.9 Å². The van der Waals surface area contributed by atoms with Gasteiger partial charge in [0, 0.05) is 39.4 Å². The van der Waals surface area contributed by atoms with Crippen LogP contribution in [0.1, 0.15) is 28.8 Å². The summed E-state index contributed by atoms with van der Waals surface area (Å²) in [5.41, 5.74) is 4.67. The lowest BCUT2D eigenvalue weighted by molar-refractivity contribution is -0.116. The zero-order valence-corrected chi connectivity index (χ0v) is 20.5. The molecule has 3 heterocycles. The number of fused-ring (bicyclic) bond motifs is 2. The summed E-state index contributed by atoms with van der Waals surface area (Å²) < 4.78 is 13.7. The van der Waals surface area contributed by atoms with Crippen LogP contribution < -0.4 is 10.9 Å². The first-order valence-electron chi connectivity index (χ1n) is 10.9. The summed E-state index contributed by atoms with van der Waals surface area (Å²) in [6.07, 6.45) is 2.08. The number of hydrogen-bond donors (Lipinski definition) is 1. The fourth-order valence-corrected chi connectivity index (χ4v) is 4.40. The average molecular weight is 520 g/mol. The standard InChI is InChI=1S/C26H22BrN3O4/c1-14-13-33-22-12-23-21(11-20(14)22)16(3)19(26(32)34-23)8-9-25(31)28-24-10-15(2)29-30(24)18-6-4-17(27)5-7-18/h4-7,10-13H,8-9H2,1-3H3,(H,28,31). The number of nitrogens with one attached hydrogen (secondary N) is 1. The predicted molar refractivity (Wildman–Crippen MR) is 135 cm³/mol. The average Bonchev–Trinajstić information content (AvgIpc) is 3.34. The van der Waals surface area contributed by atoms with Crippen molar-refractivity contribution in [1.29, 1.82) is 0 Å². The molecule has 0 aliphatic rings. The van der Waals surface area contributed by atoms with E-state index in [-0.39, 0.29) is 18.7 Å². The van der Waals surface area contributed by atoms with Crippen LogP contribution in [0, 0.1) is 20.8 Å². The summed E-state index contributed by atoms with van der Waals surface area (Å²) in [6, 6.07) is 13.2. The number of amides is 1. The molecule has 1 amide bonds. The van der Waals surface area contributed by atoms with E-state index in [1.165, 1.54) is 0 Å². The highest BCUT2D eigenvalue weighted by atomic mass is 79.9. The third-order valence-electron chi connectivity index (χ3n) is 5.95. The Morgan fingerprint density at radius 2 is 1.82 bits per heavy atom. The zero-order chi connectivity index (χ0) is 24.0. The topological polar surface area (TPSA) is 90.3 Å². The van der Waals surface area contributed by atoms with E-state index in [1.807, 2.05) is 57.2 Å². The van der Waals surface area contributed by atoms with Gasteiger partial charge in [-0.15, -0.1) is 0 Å². The van der Waals surface area contributed by atoms with Gasteiger partial charge >= 0.3 is 5.63 Å². The van der Waals surface area contributed by atoms with E-state index in [2.05, 4.69) is 26.3 Å². The molecular formula is C26H22BrN3O4. The van der Waals surface area contributed by atoms with Crippen molar-refractivity contribution in [2.75, 3.05) is 5.32 Å². The van der Waals surface area contributed by atoms with Crippen molar-refractivity contribution in [2.45, 2.75) is 33.6 Å². The van der Waals surface area contributed by atoms with Gasteiger partial charge in [-0.25, -0.2) is 9.48 Å². The summed E-state index contributed by atoms with van der Waals surface area (Å²) in [4.78, 5) is 25.5. The summed E-state index contributed by atoms with van der Waals surface area (Å²) in [7, 11) is 0. The SMILES string of the molecule is Cc1cc(NC(=O)CCc2c(C)c3cc4c(C)coc4cc3oc2=O)n(-c2ccc(Br)cc2)n1. The Hall–Kier alpha value is -3.65. The van der Waals surface area contributed by atoms with Gasteiger partial charge in [0.2, 0.25) is 5.91 Å². The van der Waals surface area contributed by atoms with Crippen molar-refractivity contribution in [1.82, 2.24) is 9.78 Å². The number of benzene rings is 2. The van der Waals surface area contributed by atoms with Crippen molar-refractivity contribution in [3.8, 4) is 5.69 Å². The van der Waals surface area contributed by atoms with Crippen molar-refractivity contribution in [3.63, 3.8) is 0 Å². The molecule has 5 rings (SSSR count). The molecule has 0 saturated heterocycles. The molecular weight excluding hydrogens is 498 g/mol. The minimum absolute atomic E-state index is 0.134. The third-order valence-corrected chi connectivity index (χ3v) is 6.48. The van der Waals surface area contributed by atoms with Crippen LogP contribution in [0.15, 0.2) is 66.8 Å². The van der Waals surface area contributed by atoms with Crippen molar-refractivity contribution in [3.05, 3.63) is 86.0 Å². The number of carbonyl (C=O) groups excluding carboxylic acids is 1. The van der Waals surface area contributed by atoms with Crippen LogP contribution in [0.4, 0.5) is 5.82 Å². The first kappa shape index (κ1) is 22.2. The highest BCUT2D eigenvalue weighted by molar-refractivity contribution is 9.10. The maximum atomic E-state index is 12.8. The molecule has 7 nitrogen and oxygen atoms in total. The van der Waals surface area contributed by atoms with Crippen LogP contribution in [0.3, 0.4) is 0 Å². The number of hydrogen-bond acceptors (Lipinski definition) is 5. The van der Waals surface area contributed by atoms with Crippen molar-refractivity contribution >= 4 is 49.6 Å². The van der Waals surface area contributed by atoms with E-state index in [9.17, 15) is 9.59 Å². The van der Waals surface area contributed by atoms with Crippen molar-refractivity contribution in [2.24, 2.45) is 0 Å². The molecule has 3 aromatic heterocycles. The molecule has 1 N–H and O–H groups in total. The molecule has 5 aromatic rings. The molecule has 0 saturated carbocycles. The van der Waals surface area contributed by atoms with E-state index < -0.39 is 5.63 Å². The number of furan rings is 1. The molecule has 0 atom stereocenters. The van der Waals surface area contributed by atoms with Gasteiger partial charge in [0.05, 0.1) is 17.6 Å². The quantitative estimate of drug-likeness (QED) is 0.288. The smallest absolute Gasteiger partial charge is 0.339 e. The second kappa shape index (κ2) is 8.61. The largest absolute Gasteiger partial charge is 0.464 e. The predicted octanol–water partition coefficient (Wildman–Crippen LogP) is 5.98. The molecule has 0 aliphatic carbocycles. The Balaban J connectivity index is 1.38. The second-order valence-corrected chi connectivity index (χ2v) is 9.28. The van der Waals surface area contributed by atoms with Gasteiger partial charge in [-0.3, -0.25) is 4.79 Å². The van der Waals surface area contributed by atoms with E-state index >= 15 is 0 Å². The number of anilines is 1. The van der Waals surface area contributed by atoms with E-state index in [0.29, 0.717) is 22.5 Å². The summed E-state index contributed by atoms with van der Waals surface area (Å²) in [5, 5.41) is 9.23. The highest BCUT2D eigenvalue weighted by Gasteiger charge is 2.17. The molecule has 8 heteroatoms. The van der Waals surface area contributed by atoms with Crippen LogP contribution in [-0.2, 0) is 11.2 Å². The summed E-state index contributed by atoms with van der Waals surface area (Å²) >= 11 is 3.43. The number of aromatic nitrogens is 2. The molecule has 34 heavy (non-hydrogen) atoms. The minimum Gasteiger partial charge on any atom is -0.464 e.